The Morgan fingerprint density at radius 3 is 2.11 bits per heavy atom. The van der Waals surface area contributed by atoms with Crippen molar-refractivity contribution in [2.75, 3.05) is 7.05 Å². The molecule has 0 spiro atoms. The maximum Gasteiger partial charge on any atom is 0.251 e. The number of amides is 1. The largest absolute Gasteiger partial charge is 0.339 e. The summed E-state index contributed by atoms with van der Waals surface area (Å²) in [6, 6.07) is 16.5. The zero-order chi connectivity index (χ0) is 19.3. The van der Waals surface area contributed by atoms with E-state index in [9.17, 15) is 9.59 Å². The van der Waals surface area contributed by atoms with Crippen LogP contribution in [0.15, 0.2) is 60.2 Å². The van der Waals surface area contributed by atoms with E-state index in [0.29, 0.717) is 5.57 Å². The third kappa shape index (κ3) is 2.22. The lowest BCUT2D eigenvalue weighted by Gasteiger charge is -2.46. The Morgan fingerprint density at radius 2 is 1.54 bits per heavy atom. The van der Waals surface area contributed by atoms with Crippen LogP contribution in [0.4, 0.5) is 0 Å². The highest BCUT2D eigenvalue weighted by atomic mass is 16.2. The van der Waals surface area contributed by atoms with Gasteiger partial charge in [-0.3, -0.25) is 4.79 Å². The Labute approximate surface area is 166 Å². The molecule has 0 heterocycles. The number of rotatable bonds is 3. The Bertz CT molecular complexity index is 936. The number of hydrogen-bond donors (Lipinski definition) is 0. The highest BCUT2D eigenvalue weighted by Gasteiger charge is 2.52. The second-order valence-corrected chi connectivity index (χ2v) is 8.37. The van der Waals surface area contributed by atoms with Crippen molar-refractivity contribution in [3.8, 4) is 0 Å². The fraction of sp³-hybridized carbons (Fsp3) is 0.360. The monoisotopic (exact) mass is 371 g/mol. The van der Waals surface area contributed by atoms with Gasteiger partial charge >= 0.3 is 0 Å². The normalized spacial score (nSPS) is 25.5. The van der Waals surface area contributed by atoms with E-state index in [-0.39, 0.29) is 17.9 Å². The van der Waals surface area contributed by atoms with Crippen LogP contribution in [0.25, 0.3) is 0 Å². The molecule has 28 heavy (non-hydrogen) atoms. The standard InChI is InChI=1S/C25H25NO2/c1-26(17-9-3-2-4-10-17)24(28)23-15-20-18-11-5-7-13-21(18)25(23,16-27)22-14-8-6-12-19(20)22/h5-8,11-17,20H,2-4,9-10H2,1H3. The molecule has 4 aliphatic carbocycles. The molecule has 3 nitrogen and oxygen atoms in total. The molecule has 142 valence electrons. The van der Waals surface area contributed by atoms with Gasteiger partial charge in [0.1, 0.15) is 11.7 Å². The molecule has 2 bridgehead atoms. The number of allylic oxidation sites excluding steroid dienone is 1. The average molecular weight is 371 g/mol. The van der Waals surface area contributed by atoms with E-state index < -0.39 is 5.41 Å². The van der Waals surface area contributed by atoms with E-state index in [2.05, 4.69) is 18.2 Å². The lowest BCUT2D eigenvalue weighted by Crippen LogP contribution is -2.49. The molecule has 6 rings (SSSR count). The second kappa shape index (κ2) is 6.44. The van der Waals surface area contributed by atoms with Crippen molar-refractivity contribution in [3.63, 3.8) is 0 Å². The number of nitrogens with zero attached hydrogens (tertiary/aromatic N) is 1. The highest BCUT2D eigenvalue weighted by Crippen LogP contribution is 2.55. The van der Waals surface area contributed by atoms with Gasteiger partial charge < -0.3 is 9.69 Å². The zero-order valence-corrected chi connectivity index (χ0v) is 16.2. The molecule has 0 aromatic heterocycles. The number of hydrogen-bond acceptors (Lipinski definition) is 2. The fourth-order valence-electron chi connectivity index (χ4n) is 5.59. The molecule has 2 aromatic carbocycles. The number of carbonyl (C=O) groups excluding carboxylic acids is 2. The second-order valence-electron chi connectivity index (χ2n) is 8.37. The molecule has 0 atom stereocenters. The van der Waals surface area contributed by atoms with Crippen LogP contribution in [0, 0.1) is 0 Å². The van der Waals surface area contributed by atoms with Gasteiger partial charge in [-0.15, -0.1) is 0 Å². The minimum Gasteiger partial charge on any atom is -0.339 e. The summed E-state index contributed by atoms with van der Waals surface area (Å²) in [5, 5.41) is 0. The molecule has 0 N–H and O–H groups in total. The van der Waals surface area contributed by atoms with Crippen LogP contribution >= 0.6 is 0 Å². The van der Waals surface area contributed by atoms with E-state index in [4.69, 9.17) is 0 Å². The van der Waals surface area contributed by atoms with Crippen molar-refractivity contribution in [1.29, 1.82) is 0 Å². The van der Waals surface area contributed by atoms with Gasteiger partial charge in [0.05, 0.1) is 0 Å². The summed E-state index contributed by atoms with van der Waals surface area (Å²) >= 11 is 0. The minimum absolute atomic E-state index is 0.00741. The molecule has 1 saturated carbocycles. The van der Waals surface area contributed by atoms with E-state index in [0.717, 1.165) is 41.4 Å². The maximum absolute atomic E-state index is 13.7. The van der Waals surface area contributed by atoms with Gasteiger partial charge in [0, 0.05) is 24.6 Å². The Balaban J connectivity index is 1.66. The lowest BCUT2D eigenvalue weighted by atomic mass is 9.55. The van der Waals surface area contributed by atoms with E-state index in [1.807, 2.05) is 48.3 Å². The summed E-state index contributed by atoms with van der Waals surface area (Å²) in [6.07, 6.45) is 8.77. The van der Waals surface area contributed by atoms with Crippen LogP contribution < -0.4 is 0 Å². The van der Waals surface area contributed by atoms with Gasteiger partial charge in [0.25, 0.3) is 5.91 Å². The summed E-state index contributed by atoms with van der Waals surface area (Å²) in [6.45, 7) is 0. The van der Waals surface area contributed by atoms with Crippen molar-refractivity contribution >= 4 is 12.2 Å². The highest BCUT2D eigenvalue weighted by molar-refractivity contribution is 6.06. The smallest absolute Gasteiger partial charge is 0.251 e. The molecule has 2 aromatic rings. The van der Waals surface area contributed by atoms with Gasteiger partial charge in [0.15, 0.2) is 0 Å². The van der Waals surface area contributed by atoms with Gasteiger partial charge in [-0.1, -0.05) is 73.9 Å². The van der Waals surface area contributed by atoms with E-state index in [1.165, 1.54) is 19.3 Å². The average Bonchev–Trinajstić information content (AvgIpc) is 2.78. The maximum atomic E-state index is 13.7. The summed E-state index contributed by atoms with van der Waals surface area (Å²) in [5.74, 6) is 0.0425. The van der Waals surface area contributed by atoms with Crippen LogP contribution in [0.1, 0.15) is 60.3 Å². The summed E-state index contributed by atoms with van der Waals surface area (Å²) < 4.78 is 0. The van der Waals surface area contributed by atoms with Crippen molar-refractivity contribution in [2.45, 2.75) is 49.5 Å². The molecular formula is C25H25NO2. The summed E-state index contributed by atoms with van der Waals surface area (Å²) in [5.41, 5.74) is 3.86. The third-order valence-corrected chi connectivity index (χ3v) is 7.05. The number of carbonyl (C=O) groups is 2. The van der Waals surface area contributed by atoms with Gasteiger partial charge in [-0.25, -0.2) is 0 Å². The molecule has 4 aliphatic rings. The molecular weight excluding hydrogens is 346 g/mol. The van der Waals surface area contributed by atoms with Crippen molar-refractivity contribution in [3.05, 3.63) is 82.4 Å². The molecule has 0 unspecified atom stereocenters. The SMILES string of the molecule is CN(C(=O)C1=CC2c3ccccc3C1(C=O)c1ccccc12)C1CCCCC1. The first-order chi connectivity index (χ1) is 13.7. The third-order valence-electron chi connectivity index (χ3n) is 7.05. The van der Waals surface area contributed by atoms with Crippen molar-refractivity contribution in [1.82, 2.24) is 4.90 Å². The van der Waals surface area contributed by atoms with E-state index in [1.54, 1.807) is 0 Å². The van der Waals surface area contributed by atoms with E-state index >= 15 is 0 Å². The van der Waals surface area contributed by atoms with Crippen LogP contribution in [-0.2, 0) is 15.0 Å². The predicted molar refractivity (Wildman–Crippen MR) is 109 cm³/mol. The molecule has 3 heteroatoms. The molecule has 0 aliphatic heterocycles. The first kappa shape index (κ1) is 17.4. The topological polar surface area (TPSA) is 37.4 Å². The van der Waals surface area contributed by atoms with Crippen LogP contribution in [0.3, 0.4) is 0 Å². The molecule has 0 saturated heterocycles. The minimum atomic E-state index is -0.998. The summed E-state index contributed by atoms with van der Waals surface area (Å²) in [4.78, 5) is 28.3. The Hall–Kier alpha value is -2.68. The Kier molecular flexibility index (Phi) is 4.01. The zero-order valence-electron chi connectivity index (χ0n) is 16.2. The molecule has 1 amide bonds. The van der Waals surface area contributed by atoms with Gasteiger partial charge in [-0.05, 0) is 35.1 Å². The predicted octanol–water partition coefficient (Wildman–Crippen LogP) is 4.35. The van der Waals surface area contributed by atoms with Gasteiger partial charge in [0.2, 0.25) is 0 Å². The van der Waals surface area contributed by atoms with Gasteiger partial charge in [-0.2, -0.15) is 0 Å². The summed E-state index contributed by atoms with van der Waals surface area (Å²) in [7, 11) is 1.91. The number of likely N-dealkylation sites (N-methyl/N-ethyl adjacent to an activating group) is 1. The van der Waals surface area contributed by atoms with Crippen LogP contribution in [0.2, 0.25) is 0 Å². The Morgan fingerprint density at radius 1 is 0.964 bits per heavy atom. The first-order valence-corrected chi connectivity index (χ1v) is 10.3. The quantitative estimate of drug-likeness (QED) is 0.753. The van der Waals surface area contributed by atoms with Crippen LogP contribution in [0.5, 0.6) is 0 Å². The fourth-order valence-corrected chi connectivity index (χ4v) is 5.59. The lowest BCUT2D eigenvalue weighted by molar-refractivity contribution is -0.130. The van der Waals surface area contributed by atoms with Crippen molar-refractivity contribution < 1.29 is 9.59 Å². The first-order valence-electron chi connectivity index (χ1n) is 10.3. The van der Waals surface area contributed by atoms with Crippen molar-refractivity contribution in [2.24, 2.45) is 0 Å². The number of benzene rings is 2. The number of aldehydes is 1. The van der Waals surface area contributed by atoms with Crippen LogP contribution in [-0.4, -0.2) is 30.2 Å². The molecule has 0 radical (unpaired) electrons. The molecule has 1 fully saturated rings.